The van der Waals surface area contributed by atoms with Crippen LogP contribution in [0.15, 0.2) is 71.1 Å². The molecule has 0 aliphatic rings. The molecule has 3 aromatic carbocycles. The second-order valence-corrected chi connectivity index (χ2v) is 5.04. The molecule has 0 amide bonds. The van der Waals surface area contributed by atoms with Crippen LogP contribution in [-0.2, 0) is 0 Å². The third kappa shape index (κ3) is 2.05. The van der Waals surface area contributed by atoms with Gasteiger partial charge in [0.15, 0.2) is 5.58 Å². The third-order valence-corrected chi connectivity index (χ3v) is 3.75. The Labute approximate surface area is 128 Å². The largest absolute Gasteiger partial charge is 0.569 e. The summed E-state index contributed by atoms with van der Waals surface area (Å²) in [6.45, 7) is 0. The predicted octanol–water partition coefficient (Wildman–Crippen LogP) is 4.16. The first-order chi connectivity index (χ1) is 10.9. The summed E-state index contributed by atoms with van der Waals surface area (Å²) in [7, 11) is 0.664. The average Bonchev–Trinajstić information content (AvgIpc) is 2.95. The highest BCUT2D eigenvalue weighted by Crippen LogP contribution is 2.36. The molecule has 0 fully saturated rings. The topological polar surface area (TPSA) is 42.6 Å². The fourth-order valence-electron chi connectivity index (χ4n) is 2.73. The van der Waals surface area contributed by atoms with Gasteiger partial charge in [-0.05, 0) is 29.3 Å². The van der Waals surface area contributed by atoms with Gasteiger partial charge < -0.3 is 14.1 Å². The zero-order valence-electron chi connectivity index (χ0n) is 11.7. The van der Waals surface area contributed by atoms with E-state index in [-0.39, 0.29) is 0 Å². The molecule has 22 heavy (non-hydrogen) atoms. The molecule has 1 heterocycles. The molecule has 1 N–H and O–H groups in total. The van der Waals surface area contributed by atoms with Crippen molar-refractivity contribution in [3.63, 3.8) is 0 Å². The lowest BCUT2D eigenvalue weighted by atomic mass is 10.0. The Hall–Kier alpha value is -2.72. The van der Waals surface area contributed by atoms with Crippen LogP contribution in [0.5, 0.6) is 5.75 Å². The molecule has 3 nitrogen and oxygen atoms in total. The first kappa shape index (κ1) is 13.0. The van der Waals surface area contributed by atoms with Crippen molar-refractivity contribution in [3.8, 4) is 16.9 Å². The molecule has 0 aliphatic heterocycles. The molecule has 4 aromatic rings. The Bertz CT molecular complexity index is 945. The van der Waals surface area contributed by atoms with Crippen molar-refractivity contribution >= 4 is 29.6 Å². The smallest absolute Gasteiger partial charge is 0.535 e. The quantitative estimate of drug-likeness (QED) is 0.575. The van der Waals surface area contributed by atoms with Gasteiger partial charge in [-0.1, -0.05) is 48.5 Å². The monoisotopic (exact) mass is 287 g/mol. The van der Waals surface area contributed by atoms with E-state index in [1.807, 2.05) is 36.4 Å². The van der Waals surface area contributed by atoms with Gasteiger partial charge in [0.2, 0.25) is 0 Å². The first-order valence-electron chi connectivity index (χ1n) is 7.00. The Morgan fingerprint density at radius 1 is 0.818 bits per heavy atom. The van der Waals surface area contributed by atoms with Crippen LogP contribution >= 0.6 is 0 Å². The van der Waals surface area contributed by atoms with Crippen molar-refractivity contribution in [1.82, 2.24) is 0 Å². The van der Waals surface area contributed by atoms with E-state index in [2.05, 4.69) is 24.3 Å². The fourth-order valence-corrected chi connectivity index (χ4v) is 2.73. The second kappa shape index (κ2) is 5.24. The van der Waals surface area contributed by atoms with Gasteiger partial charge in [0.05, 0.1) is 0 Å². The van der Waals surface area contributed by atoms with E-state index in [0.29, 0.717) is 19.0 Å². The molecule has 0 bridgehead atoms. The summed E-state index contributed by atoms with van der Waals surface area (Å²) in [6, 6.07) is 21.9. The molecule has 4 rings (SSSR count). The van der Waals surface area contributed by atoms with E-state index >= 15 is 0 Å². The van der Waals surface area contributed by atoms with Gasteiger partial charge in [-0.15, -0.1) is 0 Å². The Balaban J connectivity index is 1.94. The van der Waals surface area contributed by atoms with Crippen LogP contribution in [0.1, 0.15) is 0 Å². The van der Waals surface area contributed by atoms with E-state index < -0.39 is 0 Å². The van der Waals surface area contributed by atoms with Gasteiger partial charge in [0.1, 0.15) is 11.3 Å². The molecule has 105 valence electrons. The number of furan rings is 1. The van der Waals surface area contributed by atoms with Crippen LogP contribution in [0, 0.1) is 0 Å². The van der Waals surface area contributed by atoms with Gasteiger partial charge in [0, 0.05) is 10.8 Å². The van der Waals surface area contributed by atoms with E-state index in [4.69, 9.17) is 14.1 Å². The average molecular weight is 287 g/mol. The van der Waals surface area contributed by atoms with E-state index in [1.165, 1.54) is 0 Å². The molecular weight excluding hydrogens is 275 g/mol. The van der Waals surface area contributed by atoms with Crippen LogP contribution in [0.2, 0.25) is 0 Å². The highest BCUT2D eigenvalue weighted by Gasteiger charge is 2.12. The van der Waals surface area contributed by atoms with Crippen molar-refractivity contribution in [1.29, 1.82) is 0 Å². The van der Waals surface area contributed by atoms with Crippen LogP contribution in [0.3, 0.4) is 0 Å². The number of benzene rings is 3. The fraction of sp³-hybridized carbons (Fsp3) is 0. The molecule has 0 spiro atoms. The Morgan fingerprint density at radius 3 is 2.50 bits per heavy atom. The summed E-state index contributed by atoms with van der Waals surface area (Å²) in [5.41, 5.74) is 3.67. The zero-order chi connectivity index (χ0) is 14.9. The molecule has 0 aliphatic carbocycles. The number of fused-ring (bicyclic) bond motifs is 3. The van der Waals surface area contributed by atoms with E-state index in [0.717, 1.165) is 27.5 Å². The van der Waals surface area contributed by atoms with Crippen LogP contribution in [-0.4, -0.2) is 12.7 Å². The summed E-state index contributed by atoms with van der Waals surface area (Å²) in [4.78, 5) is 0. The SMILES string of the molecule is O[B]Oc1cccc2c1oc1cc(-c3ccccc3)ccc12. The predicted molar refractivity (Wildman–Crippen MR) is 87.8 cm³/mol. The first-order valence-corrected chi connectivity index (χ1v) is 7.00. The number of hydrogen-bond acceptors (Lipinski definition) is 3. The van der Waals surface area contributed by atoms with Crippen molar-refractivity contribution in [2.45, 2.75) is 0 Å². The molecule has 1 radical (unpaired) electrons. The van der Waals surface area contributed by atoms with Gasteiger partial charge in [0.25, 0.3) is 0 Å². The third-order valence-electron chi connectivity index (χ3n) is 3.75. The summed E-state index contributed by atoms with van der Waals surface area (Å²) in [6.07, 6.45) is 0. The minimum absolute atomic E-state index is 0.498. The number of rotatable bonds is 3. The summed E-state index contributed by atoms with van der Waals surface area (Å²) >= 11 is 0. The maximum Gasteiger partial charge on any atom is 0.569 e. The normalized spacial score (nSPS) is 11.0. The summed E-state index contributed by atoms with van der Waals surface area (Å²) in [5, 5.41) is 10.9. The highest BCUT2D eigenvalue weighted by atomic mass is 16.5. The van der Waals surface area contributed by atoms with Gasteiger partial charge in [-0.3, -0.25) is 0 Å². The number of para-hydroxylation sites is 1. The molecule has 0 atom stereocenters. The zero-order valence-corrected chi connectivity index (χ0v) is 11.7. The maximum absolute atomic E-state index is 8.86. The summed E-state index contributed by atoms with van der Waals surface area (Å²) in [5.74, 6) is 0.498. The summed E-state index contributed by atoms with van der Waals surface area (Å²) < 4.78 is 11.0. The highest BCUT2D eigenvalue weighted by molar-refractivity contribution is 6.18. The van der Waals surface area contributed by atoms with E-state index in [9.17, 15) is 0 Å². The molecule has 0 unspecified atom stereocenters. The van der Waals surface area contributed by atoms with Crippen molar-refractivity contribution in [2.24, 2.45) is 0 Å². The Morgan fingerprint density at radius 2 is 1.68 bits per heavy atom. The molecule has 0 saturated heterocycles. The minimum Gasteiger partial charge on any atom is -0.535 e. The standard InChI is InChI=1S/C18H12BO3/c20-19-22-16-8-4-7-15-14-10-9-13(11-17(14)21-18(15)16)12-5-2-1-3-6-12/h1-11,20H. The van der Waals surface area contributed by atoms with E-state index in [1.54, 1.807) is 6.07 Å². The lowest BCUT2D eigenvalue weighted by Gasteiger charge is -2.00. The lowest BCUT2D eigenvalue weighted by molar-refractivity contribution is 0.451. The van der Waals surface area contributed by atoms with Crippen LogP contribution < -0.4 is 4.65 Å². The van der Waals surface area contributed by atoms with Crippen LogP contribution in [0.4, 0.5) is 0 Å². The molecule has 1 aromatic heterocycles. The number of hydrogen-bond donors (Lipinski definition) is 1. The molecule has 4 heteroatoms. The van der Waals surface area contributed by atoms with Crippen molar-refractivity contribution in [3.05, 3.63) is 66.7 Å². The van der Waals surface area contributed by atoms with Crippen LogP contribution in [0.25, 0.3) is 33.1 Å². The molecule has 0 saturated carbocycles. The Kier molecular flexibility index (Phi) is 3.09. The lowest BCUT2D eigenvalue weighted by Crippen LogP contribution is -1.99. The minimum atomic E-state index is 0.498. The van der Waals surface area contributed by atoms with Gasteiger partial charge in [-0.2, -0.15) is 0 Å². The van der Waals surface area contributed by atoms with Crippen molar-refractivity contribution in [2.75, 3.05) is 0 Å². The van der Waals surface area contributed by atoms with Crippen molar-refractivity contribution < 1.29 is 14.1 Å². The van der Waals surface area contributed by atoms with Gasteiger partial charge >= 0.3 is 7.69 Å². The maximum atomic E-state index is 8.86. The second-order valence-electron chi connectivity index (χ2n) is 5.04. The molecular formula is C18H12BO3. The van der Waals surface area contributed by atoms with Gasteiger partial charge in [-0.25, -0.2) is 0 Å².